The number of hydrogen-bond acceptors (Lipinski definition) is 4. The van der Waals surface area contributed by atoms with Crippen LogP contribution in [0.5, 0.6) is 0 Å². The number of nitrogens with zero attached hydrogens (tertiary/aromatic N) is 1. The fraction of sp³-hybridized carbons (Fsp3) is 0.615. The molecule has 0 aliphatic heterocycles. The van der Waals surface area contributed by atoms with E-state index in [9.17, 15) is 9.59 Å². The fourth-order valence-corrected chi connectivity index (χ4v) is 2.28. The average molecular weight is 299 g/mol. The molecule has 1 atom stereocenters. The largest absolute Gasteiger partial charge is 0.477 e. The molecular weight excluding hydrogens is 278 g/mol. The van der Waals surface area contributed by atoms with Crippen molar-refractivity contribution in [3.63, 3.8) is 0 Å². The third-order valence-electron chi connectivity index (χ3n) is 3.16. The average Bonchev–Trinajstić information content (AvgIpc) is 2.74. The van der Waals surface area contributed by atoms with E-state index in [0.29, 0.717) is 29.1 Å². The number of carboxylic acid groups (broad SMARTS) is 1. The van der Waals surface area contributed by atoms with Gasteiger partial charge in [-0.05, 0) is 18.8 Å². The van der Waals surface area contributed by atoms with Crippen molar-refractivity contribution < 1.29 is 14.7 Å². The lowest BCUT2D eigenvalue weighted by atomic mass is 9.98. The predicted octanol–water partition coefficient (Wildman–Crippen LogP) is 2.24. The number of aromatic carboxylic acids is 1. The maximum absolute atomic E-state index is 11.6. The molecule has 3 N–H and O–H groups in total. The highest BCUT2D eigenvalue weighted by Gasteiger charge is 2.14. The minimum atomic E-state index is -0.985. The summed E-state index contributed by atoms with van der Waals surface area (Å²) in [6, 6.07) is -0.262. The molecule has 1 aromatic heterocycles. The van der Waals surface area contributed by atoms with Gasteiger partial charge in [0, 0.05) is 6.54 Å². The zero-order valence-corrected chi connectivity index (χ0v) is 13.0. The molecular formula is C13H21N3O3S. The topological polar surface area (TPSA) is 91.3 Å². The number of carbonyl (C=O) groups excluding carboxylic acids is 1. The lowest BCUT2D eigenvalue weighted by molar-refractivity contribution is 0.0701. The van der Waals surface area contributed by atoms with E-state index in [0.717, 1.165) is 11.3 Å². The molecule has 0 aliphatic rings. The van der Waals surface area contributed by atoms with Crippen LogP contribution in [0, 0.1) is 18.8 Å². The number of amides is 2. The Balaban J connectivity index is 2.41. The Hall–Kier alpha value is -1.63. The summed E-state index contributed by atoms with van der Waals surface area (Å²) in [4.78, 5) is 26.8. The van der Waals surface area contributed by atoms with Crippen LogP contribution in [0.3, 0.4) is 0 Å². The van der Waals surface area contributed by atoms with E-state index < -0.39 is 5.97 Å². The molecule has 2 amide bonds. The molecule has 20 heavy (non-hydrogen) atoms. The summed E-state index contributed by atoms with van der Waals surface area (Å²) >= 11 is 1.09. The van der Waals surface area contributed by atoms with E-state index in [-0.39, 0.29) is 17.5 Å². The van der Waals surface area contributed by atoms with Crippen molar-refractivity contribution in [3.05, 3.63) is 15.6 Å². The highest BCUT2D eigenvalue weighted by Crippen LogP contribution is 2.17. The fourth-order valence-electron chi connectivity index (χ4n) is 1.43. The number of aryl methyl sites for hydroxylation is 1. The molecule has 1 aromatic rings. The summed E-state index contributed by atoms with van der Waals surface area (Å²) in [5, 5.41) is 15.0. The van der Waals surface area contributed by atoms with Gasteiger partial charge in [-0.1, -0.05) is 20.8 Å². The second-order valence-electron chi connectivity index (χ2n) is 5.11. The lowest BCUT2D eigenvalue weighted by Gasteiger charge is -2.16. The Morgan fingerprint density at radius 3 is 2.45 bits per heavy atom. The Bertz CT molecular complexity index is 485. The number of carboxylic acids is 1. The van der Waals surface area contributed by atoms with Gasteiger partial charge < -0.3 is 15.7 Å². The summed E-state index contributed by atoms with van der Waals surface area (Å²) in [6.07, 6.45) is 0. The van der Waals surface area contributed by atoms with E-state index in [1.807, 2.05) is 0 Å². The number of carbonyl (C=O) groups is 2. The van der Waals surface area contributed by atoms with Crippen LogP contribution in [0.25, 0.3) is 0 Å². The Kier molecular flexibility index (Phi) is 5.94. The molecule has 0 aliphatic carbocycles. The molecule has 0 spiro atoms. The first-order valence-electron chi connectivity index (χ1n) is 6.52. The van der Waals surface area contributed by atoms with E-state index in [2.05, 4.69) is 36.4 Å². The van der Waals surface area contributed by atoms with Gasteiger partial charge >= 0.3 is 12.0 Å². The molecule has 1 heterocycles. The minimum Gasteiger partial charge on any atom is -0.477 e. The zero-order valence-electron chi connectivity index (χ0n) is 12.2. The van der Waals surface area contributed by atoms with Crippen molar-refractivity contribution >= 4 is 23.3 Å². The molecule has 7 heteroatoms. The Labute approximate surface area is 122 Å². The third-order valence-corrected chi connectivity index (χ3v) is 4.30. The van der Waals surface area contributed by atoms with Crippen LogP contribution in [-0.4, -0.2) is 28.6 Å². The van der Waals surface area contributed by atoms with Crippen molar-refractivity contribution in [2.45, 2.75) is 34.2 Å². The minimum absolute atomic E-state index is 0.218. The molecule has 0 saturated heterocycles. The second kappa shape index (κ2) is 7.23. The van der Waals surface area contributed by atoms with Gasteiger partial charge in [0.15, 0.2) is 0 Å². The van der Waals surface area contributed by atoms with Gasteiger partial charge in [-0.25, -0.2) is 14.6 Å². The summed E-state index contributed by atoms with van der Waals surface area (Å²) in [7, 11) is 0. The molecule has 0 aromatic carbocycles. The van der Waals surface area contributed by atoms with Crippen LogP contribution < -0.4 is 10.6 Å². The van der Waals surface area contributed by atoms with Crippen LogP contribution >= 0.6 is 11.3 Å². The van der Waals surface area contributed by atoms with E-state index >= 15 is 0 Å². The van der Waals surface area contributed by atoms with Gasteiger partial charge in [0.2, 0.25) is 0 Å². The molecule has 6 nitrogen and oxygen atoms in total. The molecule has 112 valence electrons. The maximum atomic E-state index is 11.6. The van der Waals surface area contributed by atoms with Crippen molar-refractivity contribution in [2.75, 3.05) is 6.54 Å². The van der Waals surface area contributed by atoms with Gasteiger partial charge in [0.1, 0.15) is 9.88 Å². The molecule has 1 rings (SSSR count). The molecule has 1 unspecified atom stereocenters. The highest BCUT2D eigenvalue weighted by atomic mass is 32.1. The van der Waals surface area contributed by atoms with Gasteiger partial charge in [-0.15, -0.1) is 11.3 Å². The molecule has 0 fully saturated rings. The Morgan fingerprint density at radius 2 is 1.95 bits per heavy atom. The predicted molar refractivity (Wildman–Crippen MR) is 78.1 cm³/mol. The zero-order chi connectivity index (χ0) is 15.3. The first kappa shape index (κ1) is 16.4. The van der Waals surface area contributed by atoms with Crippen molar-refractivity contribution in [2.24, 2.45) is 11.8 Å². The van der Waals surface area contributed by atoms with Crippen LogP contribution in [-0.2, 0) is 6.54 Å². The first-order valence-corrected chi connectivity index (χ1v) is 7.34. The summed E-state index contributed by atoms with van der Waals surface area (Å²) in [5.41, 5.74) is 0.480. The van der Waals surface area contributed by atoms with E-state index in [4.69, 9.17) is 5.11 Å². The standard InChI is InChI=1S/C13H21N3O3S/c1-7(2)8(3)5-14-13(19)15-6-10-16-9(4)11(20-10)12(17)18/h7-8H,5-6H2,1-4H3,(H,17,18)(H2,14,15,19). The van der Waals surface area contributed by atoms with Gasteiger partial charge in [-0.2, -0.15) is 0 Å². The van der Waals surface area contributed by atoms with Crippen molar-refractivity contribution in [1.82, 2.24) is 15.6 Å². The van der Waals surface area contributed by atoms with Gasteiger partial charge in [0.25, 0.3) is 0 Å². The van der Waals surface area contributed by atoms with Crippen LogP contribution in [0.4, 0.5) is 4.79 Å². The number of rotatable bonds is 6. The number of hydrogen-bond donors (Lipinski definition) is 3. The number of thiazole rings is 1. The van der Waals surface area contributed by atoms with Crippen molar-refractivity contribution in [1.29, 1.82) is 0 Å². The van der Waals surface area contributed by atoms with Crippen molar-refractivity contribution in [3.8, 4) is 0 Å². The SMILES string of the molecule is Cc1nc(CNC(=O)NCC(C)C(C)C)sc1C(=O)O. The van der Waals surface area contributed by atoms with E-state index in [1.54, 1.807) is 6.92 Å². The molecule has 0 bridgehead atoms. The third kappa shape index (κ3) is 4.80. The summed E-state index contributed by atoms with van der Waals surface area (Å²) in [5.74, 6) is -0.0713. The summed E-state index contributed by atoms with van der Waals surface area (Å²) in [6.45, 7) is 8.79. The second-order valence-corrected chi connectivity index (χ2v) is 6.20. The Morgan fingerprint density at radius 1 is 1.30 bits per heavy atom. The van der Waals surface area contributed by atoms with Gasteiger partial charge in [0.05, 0.1) is 12.2 Å². The van der Waals surface area contributed by atoms with Crippen LogP contribution in [0.15, 0.2) is 0 Å². The van der Waals surface area contributed by atoms with Crippen LogP contribution in [0.1, 0.15) is 41.1 Å². The smallest absolute Gasteiger partial charge is 0.347 e. The van der Waals surface area contributed by atoms with E-state index in [1.165, 1.54) is 0 Å². The number of nitrogens with one attached hydrogen (secondary N) is 2. The number of urea groups is 1. The highest BCUT2D eigenvalue weighted by molar-refractivity contribution is 7.13. The molecule has 0 radical (unpaired) electrons. The monoisotopic (exact) mass is 299 g/mol. The normalized spacial score (nSPS) is 12.2. The van der Waals surface area contributed by atoms with Crippen LogP contribution in [0.2, 0.25) is 0 Å². The molecule has 0 saturated carbocycles. The number of aromatic nitrogens is 1. The lowest BCUT2D eigenvalue weighted by Crippen LogP contribution is -2.38. The first-order chi connectivity index (χ1) is 9.31. The van der Waals surface area contributed by atoms with Gasteiger partial charge in [-0.3, -0.25) is 0 Å². The maximum Gasteiger partial charge on any atom is 0.347 e. The quantitative estimate of drug-likeness (QED) is 0.751. The summed E-state index contributed by atoms with van der Waals surface area (Å²) < 4.78 is 0.